The van der Waals surface area contributed by atoms with Crippen molar-refractivity contribution in [2.24, 2.45) is 0 Å². The third-order valence-electron chi connectivity index (χ3n) is 4.81. The zero-order chi connectivity index (χ0) is 21.0. The maximum absolute atomic E-state index is 12.5. The fraction of sp³-hybridized carbons (Fsp3) is 0.304. The van der Waals surface area contributed by atoms with E-state index in [1.165, 1.54) is 0 Å². The molecular weight excluding hydrogens is 386 g/mol. The zero-order valence-corrected chi connectivity index (χ0v) is 18.0. The molecule has 0 aliphatic heterocycles. The second-order valence-electron chi connectivity index (χ2n) is 7.15. The number of nitrogens with one attached hydrogen (secondary N) is 1. The molecule has 0 spiro atoms. The fourth-order valence-corrected chi connectivity index (χ4v) is 3.16. The molecule has 3 aromatic rings. The maximum Gasteiger partial charge on any atom is 0.251 e. The van der Waals surface area contributed by atoms with Crippen LogP contribution in [0.5, 0.6) is 5.75 Å². The predicted octanol–water partition coefficient (Wildman–Crippen LogP) is 5.24. The molecule has 1 aromatic heterocycles. The van der Waals surface area contributed by atoms with Crippen LogP contribution in [-0.4, -0.2) is 15.7 Å². The van der Waals surface area contributed by atoms with Gasteiger partial charge in [-0.05, 0) is 74.7 Å². The largest absolute Gasteiger partial charge is 0.489 e. The Labute approximate surface area is 176 Å². The molecule has 0 fully saturated rings. The molecule has 0 radical (unpaired) electrons. The van der Waals surface area contributed by atoms with Crippen LogP contribution in [0.2, 0.25) is 5.02 Å². The van der Waals surface area contributed by atoms with E-state index < -0.39 is 0 Å². The first-order chi connectivity index (χ1) is 13.9. The first-order valence-corrected chi connectivity index (χ1v) is 10.1. The second kappa shape index (κ2) is 9.14. The first-order valence-electron chi connectivity index (χ1n) is 9.70. The summed E-state index contributed by atoms with van der Waals surface area (Å²) in [6.45, 7) is 9.11. The van der Waals surface area contributed by atoms with Gasteiger partial charge in [-0.2, -0.15) is 5.10 Å². The lowest BCUT2D eigenvalue weighted by atomic mass is 10.1. The predicted molar refractivity (Wildman–Crippen MR) is 115 cm³/mol. The van der Waals surface area contributed by atoms with Crippen LogP contribution in [-0.2, 0) is 13.2 Å². The fourth-order valence-electron chi connectivity index (χ4n) is 3.05. The summed E-state index contributed by atoms with van der Waals surface area (Å²) in [4.78, 5) is 12.5. The van der Waals surface area contributed by atoms with E-state index in [1.807, 2.05) is 81.0 Å². The van der Waals surface area contributed by atoms with Gasteiger partial charge in [-0.3, -0.25) is 9.48 Å². The summed E-state index contributed by atoms with van der Waals surface area (Å²) in [7, 11) is 0. The SMILES string of the molecule is CCn1ccc(C(C)NC(=O)c2ccc(COc3cc(C)c(Cl)c(C)c3)cc2)n1. The van der Waals surface area contributed by atoms with Crippen molar-refractivity contribution in [1.82, 2.24) is 15.1 Å². The Morgan fingerprint density at radius 1 is 1.17 bits per heavy atom. The van der Waals surface area contributed by atoms with Gasteiger partial charge < -0.3 is 10.1 Å². The first kappa shape index (κ1) is 20.9. The average Bonchev–Trinajstić information content (AvgIpc) is 3.20. The topological polar surface area (TPSA) is 56.2 Å². The van der Waals surface area contributed by atoms with E-state index in [-0.39, 0.29) is 11.9 Å². The molecule has 152 valence electrons. The number of aryl methyl sites for hydroxylation is 3. The standard InChI is InChI=1S/C23H26ClN3O2/c1-5-27-11-10-21(26-27)17(4)25-23(28)19-8-6-18(7-9-19)14-29-20-12-15(2)22(24)16(3)13-20/h6-13,17H,5,14H2,1-4H3,(H,25,28). The van der Waals surface area contributed by atoms with Gasteiger partial charge in [0, 0.05) is 23.3 Å². The highest BCUT2D eigenvalue weighted by Crippen LogP contribution is 2.26. The number of aromatic nitrogens is 2. The molecule has 29 heavy (non-hydrogen) atoms. The summed E-state index contributed by atoms with van der Waals surface area (Å²) in [6.07, 6.45) is 1.91. The van der Waals surface area contributed by atoms with Crippen molar-refractivity contribution in [3.63, 3.8) is 0 Å². The Hall–Kier alpha value is -2.79. The highest BCUT2D eigenvalue weighted by Gasteiger charge is 2.13. The molecule has 1 unspecified atom stereocenters. The van der Waals surface area contributed by atoms with Crippen molar-refractivity contribution < 1.29 is 9.53 Å². The van der Waals surface area contributed by atoms with Gasteiger partial charge in [-0.25, -0.2) is 0 Å². The van der Waals surface area contributed by atoms with Crippen LogP contribution < -0.4 is 10.1 Å². The van der Waals surface area contributed by atoms with Crippen LogP contribution in [0.1, 0.15) is 52.6 Å². The number of rotatable bonds is 7. The zero-order valence-electron chi connectivity index (χ0n) is 17.2. The summed E-state index contributed by atoms with van der Waals surface area (Å²) in [5, 5.41) is 8.19. The number of carbonyl (C=O) groups excluding carboxylic acids is 1. The normalized spacial score (nSPS) is 11.9. The monoisotopic (exact) mass is 411 g/mol. The van der Waals surface area contributed by atoms with Crippen molar-refractivity contribution in [1.29, 1.82) is 0 Å². The van der Waals surface area contributed by atoms with Crippen LogP contribution >= 0.6 is 11.6 Å². The molecule has 1 amide bonds. The lowest BCUT2D eigenvalue weighted by molar-refractivity contribution is 0.0939. The van der Waals surface area contributed by atoms with Gasteiger partial charge in [0.05, 0.1) is 11.7 Å². The van der Waals surface area contributed by atoms with E-state index in [9.17, 15) is 4.79 Å². The van der Waals surface area contributed by atoms with E-state index in [1.54, 1.807) is 0 Å². The number of benzene rings is 2. The van der Waals surface area contributed by atoms with Gasteiger partial charge >= 0.3 is 0 Å². The quantitative estimate of drug-likeness (QED) is 0.578. The molecule has 3 rings (SSSR count). The van der Waals surface area contributed by atoms with E-state index in [0.29, 0.717) is 12.2 Å². The number of hydrogen-bond donors (Lipinski definition) is 1. The van der Waals surface area contributed by atoms with Gasteiger partial charge in [0.2, 0.25) is 0 Å². The van der Waals surface area contributed by atoms with Gasteiger partial charge in [0.15, 0.2) is 0 Å². The Morgan fingerprint density at radius 3 is 2.41 bits per heavy atom. The minimum absolute atomic E-state index is 0.125. The van der Waals surface area contributed by atoms with Crippen LogP contribution in [0.4, 0.5) is 0 Å². The molecule has 0 bridgehead atoms. The molecule has 1 heterocycles. The third kappa shape index (κ3) is 5.18. The van der Waals surface area contributed by atoms with Crippen molar-refractivity contribution >= 4 is 17.5 Å². The average molecular weight is 412 g/mol. The number of hydrogen-bond acceptors (Lipinski definition) is 3. The Balaban J connectivity index is 1.58. The number of halogens is 1. The van der Waals surface area contributed by atoms with Crippen LogP contribution in [0.25, 0.3) is 0 Å². The lowest BCUT2D eigenvalue weighted by Gasteiger charge is -2.13. The summed E-state index contributed by atoms with van der Waals surface area (Å²) in [6, 6.07) is 13.1. The second-order valence-corrected chi connectivity index (χ2v) is 7.53. The van der Waals surface area contributed by atoms with Crippen molar-refractivity contribution in [3.8, 4) is 5.75 Å². The molecule has 5 nitrogen and oxygen atoms in total. The number of ether oxygens (including phenoxy) is 1. The Kier molecular flexibility index (Phi) is 6.60. The molecule has 2 aromatic carbocycles. The summed E-state index contributed by atoms with van der Waals surface area (Å²) < 4.78 is 7.72. The lowest BCUT2D eigenvalue weighted by Crippen LogP contribution is -2.27. The van der Waals surface area contributed by atoms with Crippen LogP contribution in [0, 0.1) is 13.8 Å². The molecule has 0 aliphatic carbocycles. The van der Waals surface area contributed by atoms with Crippen molar-refractivity contribution in [2.75, 3.05) is 0 Å². The minimum Gasteiger partial charge on any atom is -0.489 e. The van der Waals surface area contributed by atoms with Gasteiger partial charge in [-0.15, -0.1) is 0 Å². The number of nitrogens with zero attached hydrogens (tertiary/aromatic N) is 2. The maximum atomic E-state index is 12.5. The molecule has 0 aliphatic rings. The Bertz CT molecular complexity index is 973. The van der Waals surface area contributed by atoms with Gasteiger partial charge in [0.1, 0.15) is 12.4 Å². The molecule has 1 atom stereocenters. The van der Waals surface area contributed by atoms with Crippen LogP contribution in [0.15, 0.2) is 48.7 Å². The van der Waals surface area contributed by atoms with E-state index in [2.05, 4.69) is 10.4 Å². The molecule has 0 saturated heterocycles. The molecule has 1 N–H and O–H groups in total. The highest BCUT2D eigenvalue weighted by molar-refractivity contribution is 6.32. The van der Waals surface area contributed by atoms with Gasteiger partial charge in [-0.1, -0.05) is 23.7 Å². The summed E-state index contributed by atoms with van der Waals surface area (Å²) in [5.74, 6) is 0.659. The van der Waals surface area contributed by atoms with Crippen molar-refractivity contribution in [2.45, 2.75) is 46.9 Å². The Morgan fingerprint density at radius 2 is 1.83 bits per heavy atom. The van der Waals surface area contributed by atoms with E-state index in [4.69, 9.17) is 16.3 Å². The number of carbonyl (C=O) groups is 1. The summed E-state index contributed by atoms with van der Waals surface area (Å²) in [5.41, 5.74) is 4.42. The smallest absolute Gasteiger partial charge is 0.251 e. The van der Waals surface area contributed by atoms with E-state index >= 15 is 0 Å². The van der Waals surface area contributed by atoms with Crippen molar-refractivity contribution in [3.05, 3.63) is 81.6 Å². The molecular formula is C23H26ClN3O2. The molecule has 0 saturated carbocycles. The van der Waals surface area contributed by atoms with Crippen LogP contribution in [0.3, 0.4) is 0 Å². The van der Waals surface area contributed by atoms with Gasteiger partial charge in [0.25, 0.3) is 5.91 Å². The third-order valence-corrected chi connectivity index (χ3v) is 5.40. The van der Waals surface area contributed by atoms with E-state index in [0.717, 1.165) is 39.7 Å². The highest BCUT2D eigenvalue weighted by atomic mass is 35.5. The number of amides is 1. The molecule has 6 heteroatoms. The minimum atomic E-state index is -0.158. The summed E-state index contributed by atoms with van der Waals surface area (Å²) >= 11 is 6.20.